The van der Waals surface area contributed by atoms with Gasteiger partial charge in [-0.2, -0.15) is 0 Å². The highest BCUT2D eigenvalue weighted by Gasteiger charge is 2.28. The molecule has 0 spiro atoms. The number of halogens is 1. The number of carbonyl (C=O) groups excluding carboxylic acids is 1. The van der Waals surface area contributed by atoms with Crippen LogP contribution < -0.4 is 9.47 Å². The summed E-state index contributed by atoms with van der Waals surface area (Å²) in [4.78, 5) is 17.3. The van der Waals surface area contributed by atoms with Crippen LogP contribution in [0.15, 0.2) is 46.9 Å². The van der Waals surface area contributed by atoms with Gasteiger partial charge in [-0.05, 0) is 55.6 Å². The largest absolute Gasteiger partial charge is 0.486 e. The molecular formula is C24H29BrN2O3. The summed E-state index contributed by atoms with van der Waals surface area (Å²) in [7, 11) is 0. The zero-order valence-electron chi connectivity index (χ0n) is 17.5. The average molecular weight is 473 g/mol. The van der Waals surface area contributed by atoms with Crippen molar-refractivity contribution >= 4 is 21.8 Å². The maximum atomic E-state index is 12.8. The summed E-state index contributed by atoms with van der Waals surface area (Å²) >= 11 is 3.72. The van der Waals surface area contributed by atoms with Gasteiger partial charge in [0.1, 0.15) is 13.2 Å². The molecule has 2 aliphatic heterocycles. The van der Waals surface area contributed by atoms with Crippen LogP contribution in [-0.2, 0) is 6.54 Å². The van der Waals surface area contributed by atoms with Gasteiger partial charge in [0, 0.05) is 35.7 Å². The number of likely N-dealkylation sites (tertiary alicyclic amines) is 1. The lowest BCUT2D eigenvalue weighted by atomic mass is 10.0. The van der Waals surface area contributed by atoms with Crippen LogP contribution in [0.5, 0.6) is 11.5 Å². The van der Waals surface area contributed by atoms with Gasteiger partial charge in [0.25, 0.3) is 5.91 Å². The molecule has 0 saturated carbocycles. The van der Waals surface area contributed by atoms with E-state index in [0.29, 0.717) is 19.3 Å². The molecule has 1 amide bonds. The predicted molar refractivity (Wildman–Crippen MR) is 121 cm³/mol. The molecule has 2 aromatic carbocycles. The third-order valence-electron chi connectivity index (χ3n) is 5.88. The molecule has 1 fully saturated rings. The molecule has 6 heteroatoms. The number of amides is 1. The van der Waals surface area contributed by atoms with E-state index >= 15 is 0 Å². The lowest BCUT2D eigenvalue weighted by Crippen LogP contribution is -2.46. The van der Waals surface area contributed by atoms with Crippen LogP contribution in [0, 0.1) is 0 Å². The smallest absolute Gasteiger partial charge is 0.253 e. The normalized spacial score (nSPS) is 16.7. The quantitative estimate of drug-likeness (QED) is 0.608. The molecule has 4 rings (SSSR count). The Morgan fingerprint density at radius 2 is 1.77 bits per heavy atom. The number of piperidine rings is 1. The Kier molecular flexibility index (Phi) is 6.95. The first kappa shape index (κ1) is 21.2. The summed E-state index contributed by atoms with van der Waals surface area (Å²) < 4.78 is 12.5. The van der Waals surface area contributed by atoms with Crippen molar-refractivity contribution in [3.63, 3.8) is 0 Å². The second-order valence-corrected chi connectivity index (χ2v) is 8.80. The van der Waals surface area contributed by atoms with E-state index < -0.39 is 0 Å². The lowest BCUT2D eigenvalue weighted by molar-refractivity contribution is 0.0606. The molecule has 0 aliphatic carbocycles. The zero-order chi connectivity index (χ0) is 20.9. The molecule has 0 unspecified atom stereocenters. The number of nitrogens with zero attached hydrogens (tertiary/aromatic N) is 2. The third-order valence-corrected chi connectivity index (χ3v) is 6.62. The molecule has 0 atom stereocenters. The average Bonchev–Trinajstić information content (AvgIpc) is 2.79. The molecule has 1 saturated heterocycles. The van der Waals surface area contributed by atoms with E-state index in [0.717, 1.165) is 67.0 Å². The Bertz CT molecular complexity index is 866. The Balaban J connectivity index is 1.41. The van der Waals surface area contributed by atoms with Crippen LogP contribution in [0.25, 0.3) is 0 Å². The van der Waals surface area contributed by atoms with Crippen LogP contribution >= 0.6 is 15.9 Å². The first-order chi connectivity index (χ1) is 14.7. The Labute approximate surface area is 187 Å². The van der Waals surface area contributed by atoms with Crippen molar-refractivity contribution < 1.29 is 14.3 Å². The predicted octanol–water partition coefficient (Wildman–Crippen LogP) is 4.74. The second kappa shape index (κ2) is 9.84. The standard InChI is InChI=1S/C24H29BrN2O3/c1-2-10-27(17-19-15-22-23(16-21(19)25)30-14-13-29-22)20-8-11-26(12-9-20)24(28)18-6-4-3-5-7-18/h3-7,15-16,20H,2,8-14,17H2,1H3. The SMILES string of the molecule is CCCN(Cc1cc2c(cc1Br)OCCO2)C1CCN(C(=O)c2ccccc2)CC1. The Morgan fingerprint density at radius 1 is 1.10 bits per heavy atom. The number of fused-ring (bicyclic) bond motifs is 1. The lowest BCUT2D eigenvalue weighted by Gasteiger charge is -2.39. The fourth-order valence-electron chi connectivity index (χ4n) is 4.32. The molecule has 30 heavy (non-hydrogen) atoms. The molecule has 2 aliphatic rings. The van der Waals surface area contributed by atoms with Gasteiger partial charge in [0.2, 0.25) is 0 Å². The first-order valence-electron chi connectivity index (χ1n) is 10.8. The van der Waals surface area contributed by atoms with Crippen molar-refractivity contribution in [3.05, 3.63) is 58.1 Å². The van der Waals surface area contributed by atoms with Crippen LogP contribution in [0.4, 0.5) is 0 Å². The van der Waals surface area contributed by atoms with Gasteiger partial charge in [-0.15, -0.1) is 0 Å². The summed E-state index contributed by atoms with van der Waals surface area (Å²) in [5.74, 6) is 1.79. The number of benzene rings is 2. The highest BCUT2D eigenvalue weighted by molar-refractivity contribution is 9.10. The highest BCUT2D eigenvalue weighted by atomic mass is 79.9. The van der Waals surface area contributed by atoms with Crippen molar-refractivity contribution in [2.24, 2.45) is 0 Å². The van der Waals surface area contributed by atoms with E-state index in [1.165, 1.54) is 5.56 Å². The first-order valence-corrected chi connectivity index (χ1v) is 11.6. The zero-order valence-corrected chi connectivity index (χ0v) is 19.1. The van der Waals surface area contributed by atoms with Gasteiger partial charge < -0.3 is 14.4 Å². The van der Waals surface area contributed by atoms with Crippen molar-refractivity contribution in [2.75, 3.05) is 32.8 Å². The number of hydrogen-bond acceptors (Lipinski definition) is 4. The maximum Gasteiger partial charge on any atom is 0.253 e. The van der Waals surface area contributed by atoms with Gasteiger partial charge in [0.05, 0.1) is 0 Å². The van der Waals surface area contributed by atoms with Crippen molar-refractivity contribution in [3.8, 4) is 11.5 Å². The number of ether oxygens (including phenoxy) is 2. The second-order valence-electron chi connectivity index (χ2n) is 7.95. The molecule has 2 heterocycles. The van der Waals surface area contributed by atoms with E-state index in [1.54, 1.807) is 0 Å². The van der Waals surface area contributed by atoms with Crippen LogP contribution in [0.3, 0.4) is 0 Å². The maximum absolute atomic E-state index is 12.8. The van der Waals surface area contributed by atoms with E-state index in [1.807, 2.05) is 41.3 Å². The minimum atomic E-state index is 0.144. The van der Waals surface area contributed by atoms with Gasteiger partial charge in [-0.3, -0.25) is 9.69 Å². The van der Waals surface area contributed by atoms with Gasteiger partial charge in [0.15, 0.2) is 11.5 Å². The van der Waals surface area contributed by atoms with Crippen LogP contribution in [0.2, 0.25) is 0 Å². The fourth-order valence-corrected chi connectivity index (χ4v) is 4.77. The molecule has 160 valence electrons. The van der Waals surface area contributed by atoms with Gasteiger partial charge in [-0.1, -0.05) is 41.1 Å². The van der Waals surface area contributed by atoms with Crippen molar-refractivity contribution in [1.29, 1.82) is 0 Å². The highest BCUT2D eigenvalue weighted by Crippen LogP contribution is 2.36. The molecule has 0 aromatic heterocycles. The summed E-state index contributed by atoms with van der Waals surface area (Å²) in [5, 5.41) is 0. The van der Waals surface area contributed by atoms with E-state index in [2.05, 4.69) is 33.8 Å². The molecule has 0 N–H and O–H groups in total. The molecule has 0 radical (unpaired) electrons. The van der Waals surface area contributed by atoms with Crippen LogP contribution in [-0.4, -0.2) is 54.6 Å². The fraction of sp³-hybridized carbons (Fsp3) is 0.458. The minimum absolute atomic E-state index is 0.144. The molecule has 2 aromatic rings. The van der Waals surface area contributed by atoms with E-state index in [4.69, 9.17) is 9.47 Å². The number of rotatable bonds is 6. The van der Waals surface area contributed by atoms with Crippen LogP contribution in [0.1, 0.15) is 42.1 Å². The summed E-state index contributed by atoms with van der Waals surface area (Å²) in [6.45, 7) is 6.93. The minimum Gasteiger partial charge on any atom is -0.486 e. The van der Waals surface area contributed by atoms with E-state index in [9.17, 15) is 4.79 Å². The van der Waals surface area contributed by atoms with Gasteiger partial charge >= 0.3 is 0 Å². The van der Waals surface area contributed by atoms with Gasteiger partial charge in [-0.25, -0.2) is 0 Å². The van der Waals surface area contributed by atoms with Crippen molar-refractivity contribution in [2.45, 2.75) is 38.8 Å². The summed E-state index contributed by atoms with van der Waals surface area (Å²) in [6.07, 6.45) is 3.10. The monoisotopic (exact) mass is 472 g/mol. The van der Waals surface area contributed by atoms with E-state index in [-0.39, 0.29) is 5.91 Å². The topological polar surface area (TPSA) is 42.0 Å². The Morgan fingerprint density at radius 3 is 2.43 bits per heavy atom. The molecule has 5 nitrogen and oxygen atoms in total. The molecular weight excluding hydrogens is 444 g/mol. The molecule has 0 bridgehead atoms. The summed E-state index contributed by atoms with van der Waals surface area (Å²) in [6, 6.07) is 14.2. The summed E-state index contributed by atoms with van der Waals surface area (Å²) in [5.41, 5.74) is 2.00. The Hall–Kier alpha value is -2.05. The number of carbonyl (C=O) groups is 1. The third kappa shape index (κ3) is 4.81. The number of hydrogen-bond donors (Lipinski definition) is 0. The van der Waals surface area contributed by atoms with Crippen molar-refractivity contribution in [1.82, 2.24) is 9.80 Å².